The normalized spacial score (nSPS) is 9.38. The highest BCUT2D eigenvalue weighted by Crippen LogP contribution is 2.08. The van der Waals surface area contributed by atoms with Gasteiger partial charge in [0.25, 0.3) is 0 Å². The van der Waals surface area contributed by atoms with Crippen LogP contribution in [-0.2, 0) is 4.79 Å². The van der Waals surface area contributed by atoms with E-state index in [1.54, 1.807) is 0 Å². The van der Waals surface area contributed by atoms with Crippen LogP contribution in [0.1, 0.15) is 18.9 Å². The fourth-order valence-corrected chi connectivity index (χ4v) is 1.50. The van der Waals surface area contributed by atoms with E-state index in [-0.39, 0.29) is 16.2 Å². The summed E-state index contributed by atoms with van der Waals surface area (Å²) >= 11 is 6.79. The van der Waals surface area contributed by atoms with Gasteiger partial charge in [-0.2, -0.15) is 4.98 Å². The minimum absolute atomic E-state index is 0.0936. The fraction of sp³-hybridized carbons (Fsp3) is 0.300. The number of halogens is 1. The lowest BCUT2D eigenvalue weighted by Gasteiger charge is -1.95. The van der Waals surface area contributed by atoms with Gasteiger partial charge in [0.05, 0.1) is 5.56 Å². The predicted octanol–water partition coefficient (Wildman–Crippen LogP) is 1.73. The molecule has 0 atom stereocenters. The molecule has 6 heteroatoms. The number of nitrogens with two attached hydrogens (primary N) is 1. The van der Waals surface area contributed by atoms with Crippen LogP contribution in [0.25, 0.3) is 0 Å². The van der Waals surface area contributed by atoms with Crippen molar-refractivity contribution in [3.05, 3.63) is 17.0 Å². The van der Waals surface area contributed by atoms with Gasteiger partial charge in [-0.15, -0.1) is 0 Å². The van der Waals surface area contributed by atoms with Gasteiger partial charge in [-0.1, -0.05) is 23.6 Å². The van der Waals surface area contributed by atoms with Gasteiger partial charge in [-0.05, 0) is 11.6 Å². The van der Waals surface area contributed by atoms with Gasteiger partial charge < -0.3 is 5.73 Å². The van der Waals surface area contributed by atoms with Crippen molar-refractivity contribution in [1.29, 1.82) is 0 Å². The Kier molecular flexibility index (Phi) is 5.09. The Bertz CT molecular complexity index is 453. The molecule has 1 heterocycles. The highest BCUT2D eigenvalue weighted by Gasteiger charge is 1.98. The summed E-state index contributed by atoms with van der Waals surface area (Å²) in [5.41, 5.74) is 6.14. The van der Waals surface area contributed by atoms with E-state index in [2.05, 4.69) is 21.8 Å². The Labute approximate surface area is 103 Å². The van der Waals surface area contributed by atoms with Crippen LogP contribution in [0, 0.1) is 11.8 Å². The van der Waals surface area contributed by atoms with Gasteiger partial charge in [-0.25, -0.2) is 4.98 Å². The second-order valence-corrected chi connectivity index (χ2v) is 4.44. The first-order chi connectivity index (χ1) is 7.59. The zero-order valence-corrected chi connectivity index (χ0v) is 10.2. The Hall–Kier alpha value is -1.25. The van der Waals surface area contributed by atoms with Crippen molar-refractivity contribution < 1.29 is 4.79 Å². The van der Waals surface area contributed by atoms with Crippen LogP contribution in [0.4, 0.5) is 5.82 Å². The van der Waals surface area contributed by atoms with E-state index in [4.69, 9.17) is 17.3 Å². The summed E-state index contributed by atoms with van der Waals surface area (Å²) in [5.74, 6) is 6.67. The van der Waals surface area contributed by atoms with E-state index < -0.39 is 0 Å². The zero-order chi connectivity index (χ0) is 12.0. The van der Waals surface area contributed by atoms with Crippen molar-refractivity contribution in [3.63, 3.8) is 0 Å². The number of hydrogen-bond acceptors (Lipinski definition) is 5. The second-order valence-electron chi connectivity index (χ2n) is 2.83. The van der Waals surface area contributed by atoms with Crippen LogP contribution in [0.2, 0.25) is 5.28 Å². The van der Waals surface area contributed by atoms with E-state index in [1.165, 1.54) is 24.9 Å². The van der Waals surface area contributed by atoms with Gasteiger partial charge in [-0.3, -0.25) is 4.79 Å². The van der Waals surface area contributed by atoms with Crippen LogP contribution in [-0.4, -0.2) is 20.8 Å². The molecule has 1 rings (SSSR count). The molecule has 0 aliphatic heterocycles. The summed E-state index contributed by atoms with van der Waals surface area (Å²) < 4.78 is 0. The molecule has 0 fully saturated rings. The number of nitrogen functional groups attached to an aromatic ring is 1. The van der Waals surface area contributed by atoms with Gasteiger partial charge in [0, 0.05) is 25.3 Å². The summed E-state index contributed by atoms with van der Waals surface area (Å²) in [7, 11) is 0. The third-order valence-corrected chi connectivity index (χ3v) is 2.54. The molecule has 0 bridgehead atoms. The maximum absolute atomic E-state index is 10.6. The number of thioether (sulfide) groups is 1. The lowest BCUT2D eigenvalue weighted by atomic mass is 10.3. The topological polar surface area (TPSA) is 68.9 Å². The van der Waals surface area contributed by atoms with E-state index in [0.29, 0.717) is 17.7 Å². The molecule has 0 spiro atoms. The van der Waals surface area contributed by atoms with Crippen molar-refractivity contribution in [2.45, 2.75) is 13.3 Å². The van der Waals surface area contributed by atoms with E-state index in [1.807, 2.05) is 0 Å². The van der Waals surface area contributed by atoms with Gasteiger partial charge in [0.15, 0.2) is 5.12 Å². The fourth-order valence-electron chi connectivity index (χ4n) is 0.872. The number of hydrogen-bond donors (Lipinski definition) is 1. The first kappa shape index (κ1) is 12.8. The maximum atomic E-state index is 10.6. The van der Waals surface area contributed by atoms with Crippen molar-refractivity contribution in [3.8, 4) is 11.8 Å². The molecule has 4 nitrogen and oxygen atoms in total. The number of anilines is 1. The molecule has 2 N–H and O–H groups in total. The minimum atomic E-state index is 0.0936. The van der Waals surface area contributed by atoms with Crippen LogP contribution in [0.15, 0.2) is 6.20 Å². The Morgan fingerprint density at radius 1 is 1.69 bits per heavy atom. The zero-order valence-electron chi connectivity index (χ0n) is 8.66. The molecule has 0 aliphatic rings. The number of rotatable bonds is 2. The smallest absolute Gasteiger partial charge is 0.224 e. The maximum Gasteiger partial charge on any atom is 0.224 e. The van der Waals surface area contributed by atoms with E-state index in [9.17, 15) is 4.79 Å². The summed E-state index contributed by atoms with van der Waals surface area (Å²) in [6.45, 7) is 1.53. The molecule has 0 saturated carbocycles. The summed E-state index contributed by atoms with van der Waals surface area (Å²) in [5, 5.41) is 0.200. The third kappa shape index (κ3) is 4.51. The minimum Gasteiger partial charge on any atom is -0.383 e. The van der Waals surface area contributed by atoms with Crippen LogP contribution >= 0.6 is 23.4 Å². The summed E-state index contributed by atoms with van der Waals surface area (Å²) in [6, 6.07) is 0. The average Bonchev–Trinajstić information content (AvgIpc) is 2.20. The molecule has 1 aromatic heterocycles. The second kappa shape index (κ2) is 6.36. The SMILES string of the molecule is CC(=O)SCCC#Cc1cnc(Cl)nc1N. The number of carbonyl (C=O) groups is 1. The average molecular weight is 256 g/mol. The summed E-state index contributed by atoms with van der Waals surface area (Å²) in [6.07, 6.45) is 2.10. The molecule has 0 aliphatic carbocycles. The van der Waals surface area contributed by atoms with Gasteiger partial charge in [0.2, 0.25) is 5.28 Å². The quantitative estimate of drug-likeness (QED) is 0.495. The Morgan fingerprint density at radius 2 is 2.44 bits per heavy atom. The molecular formula is C10H10ClN3OS. The Balaban J connectivity index is 2.53. The van der Waals surface area contributed by atoms with Crippen LogP contribution in [0.3, 0.4) is 0 Å². The van der Waals surface area contributed by atoms with Crippen LogP contribution < -0.4 is 5.73 Å². The standard InChI is InChI=1S/C10H10ClN3OS/c1-7(15)16-5-3-2-4-8-6-13-10(11)14-9(8)12/h6H,3,5H2,1H3,(H2,12,13,14). The highest BCUT2D eigenvalue weighted by atomic mass is 35.5. The molecule has 0 unspecified atom stereocenters. The molecule has 16 heavy (non-hydrogen) atoms. The van der Waals surface area contributed by atoms with Crippen molar-refractivity contribution >= 4 is 34.3 Å². The summed E-state index contributed by atoms with van der Waals surface area (Å²) in [4.78, 5) is 18.2. The van der Waals surface area contributed by atoms with Crippen molar-refractivity contribution in [2.24, 2.45) is 0 Å². The first-order valence-electron chi connectivity index (χ1n) is 4.50. The number of nitrogens with zero attached hydrogens (tertiary/aromatic N) is 2. The van der Waals surface area contributed by atoms with E-state index in [0.717, 1.165) is 0 Å². The lowest BCUT2D eigenvalue weighted by Crippen LogP contribution is -1.96. The molecule has 84 valence electrons. The van der Waals surface area contributed by atoms with E-state index >= 15 is 0 Å². The number of carbonyl (C=O) groups excluding carboxylic acids is 1. The predicted molar refractivity (Wildman–Crippen MR) is 66.1 cm³/mol. The highest BCUT2D eigenvalue weighted by molar-refractivity contribution is 8.13. The third-order valence-electron chi connectivity index (χ3n) is 1.54. The molecular weight excluding hydrogens is 246 g/mol. The Morgan fingerprint density at radius 3 is 3.06 bits per heavy atom. The lowest BCUT2D eigenvalue weighted by molar-refractivity contribution is -0.109. The van der Waals surface area contributed by atoms with Gasteiger partial charge in [0.1, 0.15) is 5.82 Å². The first-order valence-corrected chi connectivity index (χ1v) is 5.86. The largest absolute Gasteiger partial charge is 0.383 e. The van der Waals surface area contributed by atoms with Crippen molar-refractivity contribution in [2.75, 3.05) is 11.5 Å². The monoisotopic (exact) mass is 255 g/mol. The molecule has 0 radical (unpaired) electrons. The molecule has 0 aromatic carbocycles. The number of aromatic nitrogens is 2. The van der Waals surface area contributed by atoms with Crippen LogP contribution in [0.5, 0.6) is 0 Å². The molecule has 0 saturated heterocycles. The van der Waals surface area contributed by atoms with Gasteiger partial charge >= 0.3 is 0 Å². The molecule has 0 amide bonds. The van der Waals surface area contributed by atoms with Crippen molar-refractivity contribution in [1.82, 2.24) is 9.97 Å². The molecule has 1 aromatic rings.